The van der Waals surface area contributed by atoms with Crippen molar-refractivity contribution in [3.8, 4) is 5.69 Å². The van der Waals surface area contributed by atoms with Crippen LogP contribution in [0.4, 0.5) is 5.69 Å². The highest BCUT2D eigenvalue weighted by molar-refractivity contribution is 6.00. The van der Waals surface area contributed by atoms with Crippen molar-refractivity contribution in [3.05, 3.63) is 83.7 Å². The predicted octanol–water partition coefficient (Wildman–Crippen LogP) is 6.82. The van der Waals surface area contributed by atoms with E-state index in [0.29, 0.717) is 13.0 Å². The van der Waals surface area contributed by atoms with Gasteiger partial charge in [-0.2, -0.15) is 0 Å². The van der Waals surface area contributed by atoms with E-state index in [9.17, 15) is 9.59 Å². The van der Waals surface area contributed by atoms with Gasteiger partial charge in [0.15, 0.2) is 0 Å². The van der Waals surface area contributed by atoms with E-state index in [0.717, 1.165) is 66.7 Å². The van der Waals surface area contributed by atoms with Crippen LogP contribution in [-0.4, -0.2) is 34.4 Å². The summed E-state index contributed by atoms with van der Waals surface area (Å²) in [4.78, 5) is 31.0. The van der Waals surface area contributed by atoms with E-state index >= 15 is 0 Å². The summed E-state index contributed by atoms with van der Waals surface area (Å²) in [6, 6.07) is 20.3. The van der Waals surface area contributed by atoms with Crippen LogP contribution in [0.5, 0.6) is 0 Å². The Hall–Kier alpha value is -3.34. The van der Waals surface area contributed by atoms with E-state index in [-0.39, 0.29) is 24.4 Å². The number of fused-ring (bicyclic) bond motifs is 3. The molecule has 0 saturated carbocycles. The molecule has 1 atom stereocenters. The van der Waals surface area contributed by atoms with Gasteiger partial charge in [-0.25, -0.2) is 0 Å². The van der Waals surface area contributed by atoms with Crippen LogP contribution in [0, 0.1) is 6.92 Å². The number of anilines is 1. The Morgan fingerprint density at radius 1 is 0.861 bits per heavy atom. The summed E-state index contributed by atoms with van der Waals surface area (Å²) in [5.41, 5.74) is 5.15. The fourth-order valence-corrected chi connectivity index (χ4v) is 5.16. The van der Waals surface area contributed by atoms with Crippen LogP contribution in [0.2, 0.25) is 0 Å². The number of nitrogens with zero attached hydrogens (tertiary/aromatic N) is 3. The summed E-state index contributed by atoms with van der Waals surface area (Å²) < 4.78 is 2.18. The second-order valence-corrected chi connectivity index (χ2v) is 9.85. The van der Waals surface area contributed by atoms with Crippen molar-refractivity contribution in [2.24, 2.45) is 0 Å². The molecular weight excluding hydrogens is 446 g/mol. The molecule has 4 rings (SSSR count). The number of rotatable bonds is 11. The van der Waals surface area contributed by atoms with E-state index in [1.54, 1.807) is 4.90 Å². The minimum Gasteiger partial charge on any atom is -0.333 e. The molecule has 190 valence electrons. The van der Waals surface area contributed by atoms with E-state index in [4.69, 9.17) is 0 Å². The largest absolute Gasteiger partial charge is 0.333 e. The third-order valence-electron chi connectivity index (χ3n) is 7.05. The van der Waals surface area contributed by atoms with Crippen molar-refractivity contribution in [1.82, 2.24) is 9.47 Å². The summed E-state index contributed by atoms with van der Waals surface area (Å²) in [5.74, 6) is 0.0492. The first-order valence-corrected chi connectivity index (χ1v) is 13.5. The lowest BCUT2D eigenvalue weighted by atomic mass is 9.96. The molecule has 1 aliphatic heterocycles. The molecule has 0 spiro atoms. The predicted molar refractivity (Wildman–Crippen MR) is 147 cm³/mol. The normalized spacial score (nSPS) is 14.3. The molecule has 36 heavy (non-hydrogen) atoms. The summed E-state index contributed by atoms with van der Waals surface area (Å²) in [7, 11) is 0. The maximum atomic E-state index is 14.1. The molecule has 5 nitrogen and oxygen atoms in total. The quantitative estimate of drug-likeness (QED) is 0.280. The smallest absolute Gasteiger partial charge is 0.247 e. The lowest BCUT2D eigenvalue weighted by Crippen LogP contribution is -2.47. The number of para-hydroxylation sites is 2. The monoisotopic (exact) mass is 485 g/mol. The SMILES string of the molecule is CCCCCCC(=O)N(CCCC)CC(=O)N1c2ccccc2-n2cccc2C1c1cccc(C)c1. The first-order chi connectivity index (χ1) is 17.5. The number of unbranched alkanes of at least 4 members (excludes halogenated alkanes) is 4. The average molecular weight is 486 g/mol. The molecule has 2 aromatic carbocycles. The summed E-state index contributed by atoms with van der Waals surface area (Å²) in [6.45, 7) is 7.09. The number of benzene rings is 2. The number of aryl methyl sites for hydroxylation is 1. The third kappa shape index (κ3) is 5.56. The first kappa shape index (κ1) is 25.7. The zero-order valence-corrected chi connectivity index (χ0v) is 22.0. The van der Waals surface area contributed by atoms with Crippen LogP contribution >= 0.6 is 0 Å². The number of carbonyl (C=O) groups excluding carboxylic acids is 2. The molecule has 1 unspecified atom stereocenters. The Morgan fingerprint density at radius 2 is 1.64 bits per heavy atom. The highest BCUT2D eigenvalue weighted by Crippen LogP contribution is 2.42. The topological polar surface area (TPSA) is 45.6 Å². The van der Waals surface area contributed by atoms with Crippen molar-refractivity contribution in [3.63, 3.8) is 0 Å². The molecule has 1 aromatic heterocycles. The van der Waals surface area contributed by atoms with E-state index in [2.05, 4.69) is 67.9 Å². The highest BCUT2D eigenvalue weighted by atomic mass is 16.2. The van der Waals surface area contributed by atoms with Gasteiger partial charge in [-0.05, 0) is 49.6 Å². The van der Waals surface area contributed by atoms with Crippen LogP contribution in [0.15, 0.2) is 66.9 Å². The number of carbonyl (C=O) groups is 2. The van der Waals surface area contributed by atoms with Gasteiger partial charge >= 0.3 is 0 Å². The van der Waals surface area contributed by atoms with Gasteiger partial charge in [-0.15, -0.1) is 0 Å². The van der Waals surface area contributed by atoms with Crippen molar-refractivity contribution in [2.45, 2.75) is 71.8 Å². The highest BCUT2D eigenvalue weighted by Gasteiger charge is 2.36. The van der Waals surface area contributed by atoms with E-state index in [1.165, 1.54) is 0 Å². The van der Waals surface area contributed by atoms with Crippen molar-refractivity contribution < 1.29 is 9.59 Å². The summed E-state index contributed by atoms with van der Waals surface area (Å²) in [6.07, 6.45) is 8.68. The molecule has 0 saturated heterocycles. The standard InChI is InChI=1S/C31H39N3O2/c1-4-6-8-9-19-29(35)32(20-7-5-2)23-30(36)34-27-17-11-10-16-26(27)33-21-13-18-28(33)31(34)25-15-12-14-24(3)22-25/h10-18,21-22,31H,4-9,19-20,23H2,1-3H3. The van der Waals surface area contributed by atoms with E-state index in [1.807, 2.05) is 29.2 Å². The Kier molecular flexibility index (Phi) is 8.63. The molecule has 5 heteroatoms. The molecule has 1 aliphatic rings. The van der Waals surface area contributed by atoms with Gasteiger partial charge in [0.2, 0.25) is 11.8 Å². The zero-order valence-electron chi connectivity index (χ0n) is 22.0. The average Bonchev–Trinajstić information content (AvgIpc) is 3.38. The Morgan fingerprint density at radius 3 is 2.39 bits per heavy atom. The lowest BCUT2D eigenvalue weighted by Gasteiger charge is -2.39. The van der Waals surface area contributed by atoms with E-state index < -0.39 is 0 Å². The van der Waals surface area contributed by atoms with Gasteiger partial charge in [0.25, 0.3) is 0 Å². The Labute approximate surface area is 215 Å². The third-order valence-corrected chi connectivity index (χ3v) is 7.05. The molecule has 0 radical (unpaired) electrons. The van der Waals surface area contributed by atoms with Crippen LogP contribution < -0.4 is 4.90 Å². The molecular formula is C31H39N3O2. The molecule has 0 fully saturated rings. The van der Waals surface area contributed by atoms with Crippen molar-refractivity contribution in [1.29, 1.82) is 0 Å². The van der Waals surface area contributed by atoms with Crippen LogP contribution in [-0.2, 0) is 9.59 Å². The van der Waals surface area contributed by atoms with Gasteiger partial charge in [0, 0.05) is 19.2 Å². The van der Waals surface area contributed by atoms with Crippen LogP contribution in [0.25, 0.3) is 5.69 Å². The van der Waals surface area contributed by atoms with Crippen molar-refractivity contribution in [2.75, 3.05) is 18.0 Å². The Balaban J connectivity index is 1.68. The lowest BCUT2D eigenvalue weighted by molar-refractivity contribution is -0.135. The fourth-order valence-electron chi connectivity index (χ4n) is 5.16. The second-order valence-electron chi connectivity index (χ2n) is 9.85. The van der Waals surface area contributed by atoms with Gasteiger partial charge in [-0.3, -0.25) is 14.5 Å². The fraction of sp³-hybridized carbons (Fsp3) is 0.419. The number of aromatic nitrogens is 1. The molecule has 2 amide bonds. The minimum atomic E-state index is -0.255. The maximum absolute atomic E-state index is 14.1. The number of amides is 2. The summed E-state index contributed by atoms with van der Waals surface area (Å²) in [5, 5.41) is 0. The van der Waals surface area contributed by atoms with Crippen LogP contribution in [0.3, 0.4) is 0 Å². The number of hydrogen-bond donors (Lipinski definition) is 0. The van der Waals surface area contributed by atoms with Gasteiger partial charge in [0.1, 0.15) is 12.6 Å². The molecule has 3 aromatic rings. The first-order valence-electron chi connectivity index (χ1n) is 13.5. The summed E-state index contributed by atoms with van der Waals surface area (Å²) >= 11 is 0. The molecule has 2 heterocycles. The molecule has 0 aliphatic carbocycles. The second kappa shape index (κ2) is 12.1. The molecule has 0 bridgehead atoms. The van der Waals surface area contributed by atoms with Crippen molar-refractivity contribution >= 4 is 17.5 Å². The van der Waals surface area contributed by atoms with Gasteiger partial charge < -0.3 is 9.47 Å². The van der Waals surface area contributed by atoms with Gasteiger partial charge in [-0.1, -0.05) is 81.5 Å². The van der Waals surface area contributed by atoms with Crippen LogP contribution in [0.1, 0.15) is 81.7 Å². The minimum absolute atomic E-state index is 0.0422. The van der Waals surface area contributed by atoms with Gasteiger partial charge in [0.05, 0.1) is 17.1 Å². The Bertz CT molecular complexity index is 1180. The number of hydrogen-bond acceptors (Lipinski definition) is 2. The maximum Gasteiger partial charge on any atom is 0.247 e. The molecule has 0 N–H and O–H groups in total. The zero-order chi connectivity index (χ0) is 25.5.